The molecule has 1 aromatic carbocycles. The molecule has 2 heteroatoms. The SMILES string of the molecule is COCC1Cc2ccccc2N1C. The van der Waals surface area contributed by atoms with Crippen LogP contribution in [0.5, 0.6) is 0 Å². The highest BCUT2D eigenvalue weighted by Gasteiger charge is 2.25. The Balaban J connectivity index is 2.22. The molecule has 0 N–H and O–H groups in total. The summed E-state index contributed by atoms with van der Waals surface area (Å²) in [6, 6.07) is 9.07. The van der Waals surface area contributed by atoms with Crippen LogP contribution in [-0.2, 0) is 11.2 Å². The normalized spacial score (nSPS) is 20.5. The van der Waals surface area contributed by atoms with E-state index in [1.807, 2.05) is 0 Å². The summed E-state index contributed by atoms with van der Waals surface area (Å²) in [7, 11) is 3.90. The summed E-state index contributed by atoms with van der Waals surface area (Å²) in [5.74, 6) is 0. The van der Waals surface area contributed by atoms with Gasteiger partial charge in [-0.1, -0.05) is 18.2 Å². The minimum Gasteiger partial charge on any atom is -0.383 e. The fourth-order valence-electron chi connectivity index (χ4n) is 1.98. The summed E-state index contributed by atoms with van der Waals surface area (Å²) in [6.07, 6.45) is 1.11. The average Bonchev–Trinajstić information content (AvgIpc) is 2.46. The van der Waals surface area contributed by atoms with Gasteiger partial charge in [0, 0.05) is 19.8 Å². The minimum atomic E-state index is 0.516. The predicted molar refractivity (Wildman–Crippen MR) is 54.2 cm³/mol. The Labute approximate surface area is 79.1 Å². The number of benzene rings is 1. The second-order valence-electron chi connectivity index (χ2n) is 3.55. The largest absolute Gasteiger partial charge is 0.383 e. The first-order chi connectivity index (χ1) is 6.33. The molecule has 0 bridgehead atoms. The number of nitrogens with zero attached hydrogens (tertiary/aromatic N) is 1. The van der Waals surface area contributed by atoms with Crippen LogP contribution in [-0.4, -0.2) is 26.8 Å². The van der Waals surface area contributed by atoms with Crippen molar-refractivity contribution in [2.45, 2.75) is 12.5 Å². The third-order valence-corrected chi connectivity index (χ3v) is 2.73. The molecule has 0 aliphatic carbocycles. The molecule has 2 nitrogen and oxygen atoms in total. The Hall–Kier alpha value is -1.02. The maximum atomic E-state index is 5.19. The van der Waals surface area contributed by atoms with E-state index < -0.39 is 0 Å². The lowest BCUT2D eigenvalue weighted by molar-refractivity contribution is 0.180. The molecule has 70 valence electrons. The van der Waals surface area contributed by atoms with Gasteiger partial charge in [-0.15, -0.1) is 0 Å². The Morgan fingerprint density at radius 1 is 1.46 bits per heavy atom. The molecule has 0 saturated carbocycles. The smallest absolute Gasteiger partial charge is 0.0669 e. The van der Waals surface area contributed by atoms with Crippen LogP contribution >= 0.6 is 0 Å². The quantitative estimate of drug-likeness (QED) is 0.681. The summed E-state index contributed by atoms with van der Waals surface area (Å²) in [5.41, 5.74) is 2.79. The lowest BCUT2D eigenvalue weighted by Crippen LogP contribution is -2.31. The maximum absolute atomic E-state index is 5.19. The molecule has 0 spiro atoms. The highest BCUT2D eigenvalue weighted by atomic mass is 16.5. The second-order valence-corrected chi connectivity index (χ2v) is 3.55. The maximum Gasteiger partial charge on any atom is 0.0669 e. The van der Waals surface area contributed by atoms with Crippen molar-refractivity contribution in [3.05, 3.63) is 29.8 Å². The standard InChI is InChI=1S/C11H15NO/c1-12-10(8-13-2)7-9-5-3-4-6-11(9)12/h3-6,10H,7-8H2,1-2H3. The Bertz CT molecular complexity index is 298. The molecule has 0 fully saturated rings. The van der Waals surface area contributed by atoms with Gasteiger partial charge in [0.2, 0.25) is 0 Å². The van der Waals surface area contributed by atoms with E-state index in [1.54, 1.807) is 7.11 Å². The number of likely N-dealkylation sites (N-methyl/N-ethyl adjacent to an activating group) is 1. The van der Waals surface area contributed by atoms with Gasteiger partial charge in [0.25, 0.3) is 0 Å². The Morgan fingerprint density at radius 3 is 2.92 bits per heavy atom. The number of anilines is 1. The number of rotatable bonds is 2. The molecule has 1 atom stereocenters. The third-order valence-electron chi connectivity index (χ3n) is 2.73. The topological polar surface area (TPSA) is 12.5 Å². The van der Waals surface area contributed by atoms with Crippen LogP contribution in [0.3, 0.4) is 0 Å². The highest BCUT2D eigenvalue weighted by molar-refractivity contribution is 5.58. The van der Waals surface area contributed by atoms with E-state index in [4.69, 9.17) is 4.74 Å². The molecule has 0 amide bonds. The van der Waals surface area contributed by atoms with Crippen LogP contribution in [0.15, 0.2) is 24.3 Å². The summed E-state index contributed by atoms with van der Waals surface area (Å²) in [4.78, 5) is 2.30. The van der Waals surface area contributed by atoms with Crippen molar-refractivity contribution < 1.29 is 4.74 Å². The van der Waals surface area contributed by atoms with Gasteiger partial charge in [0.05, 0.1) is 12.6 Å². The van der Waals surface area contributed by atoms with Crippen LogP contribution in [0, 0.1) is 0 Å². The van der Waals surface area contributed by atoms with Gasteiger partial charge in [-0.3, -0.25) is 0 Å². The van der Waals surface area contributed by atoms with E-state index in [0.717, 1.165) is 13.0 Å². The summed E-state index contributed by atoms with van der Waals surface area (Å²) >= 11 is 0. The van der Waals surface area contributed by atoms with E-state index in [2.05, 4.69) is 36.2 Å². The molecule has 0 radical (unpaired) electrons. The number of fused-ring (bicyclic) bond motifs is 1. The van der Waals surface area contributed by atoms with Crippen LogP contribution < -0.4 is 4.90 Å². The van der Waals surface area contributed by atoms with E-state index in [0.29, 0.717) is 6.04 Å². The number of ether oxygens (including phenoxy) is 1. The zero-order chi connectivity index (χ0) is 9.26. The van der Waals surface area contributed by atoms with Crippen molar-refractivity contribution in [3.8, 4) is 0 Å². The molecular formula is C11H15NO. The average molecular weight is 177 g/mol. The lowest BCUT2D eigenvalue weighted by Gasteiger charge is -2.21. The van der Waals surface area contributed by atoms with Crippen LogP contribution in [0.4, 0.5) is 5.69 Å². The van der Waals surface area contributed by atoms with Gasteiger partial charge in [0.1, 0.15) is 0 Å². The van der Waals surface area contributed by atoms with Gasteiger partial charge in [-0.25, -0.2) is 0 Å². The zero-order valence-electron chi connectivity index (χ0n) is 8.16. The molecule has 1 unspecified atom stereocenters. The number of para-hydroxylation sites is 1. The summed E-state index contributed by atoms with van der Waals surface area (Å²) in [5, 5.41) is 0. The van der Waals surface area contributed by atoms with E-state index in [9.17, 15) is 0 Å². The number of methoxy groups -OCH3 is 1. The van der Waals surface area contributed by atoms with Crippen molar-refractivity contribution in [2.24, 2.45) is 0 Å². The van der Waals surface area contributed by atoms with E-state index in [1.165, 1.54) is 11.3 Å². The molecule has 0 saturated heterocycles. The molecule has 2 rings (SSSR count). The fourth-order valence-corrected chi connectivity index (χ4v) is 1.98. The minimum absolute atomic E-state index is 0.516. The molecule has 1 aliphatic heterocycles. The Kier molecular flexibility index (Phi) is 2.23. The predicted octanol–water partition coefficient (Wildman–Crippen LogP) is 1.69. The van der Waals surface area contributed by atoms with E-state index in [-0.39, 0.29) is 0 Å². The highest BCUT2D eigenvalue weighted by Crippen LogP contribution is 2.30. The van der Waals surface area contributed by atoms with Gasteiger partial charge in [-0.2, -0.15) is 0 Å². The fraction of sp³-hybridized carbons (Fsp3) is 0.455. The van der Waals surface area contributed by atoms with Crippen molar-refractivity contribution in [3.63, 3.8) is 0 Å². The first-order valence-corrected chi connectivity index (χ1v) is 4.62. The molecular weight excluding hydrogens is 162 g/mol. The molecule has 0 aromatic heterocycles. The van der Waals surface area contributed by atoms with Gasteiger partial charge in [-0.05, 0) is 18.1 Å². The van der Waals surface area contributed by atoms with Crippen LogP contribution in [0.25, 0.3) is 0 Å². The van der Waals surface area contributed by atoms with Crippen molar-refractivity contribution in [2.75, 3.05) is 25.7 Å². The van der Waals surface area contributed by atoms with Crippen molar-refractivity contribution >= 4 is 5.69 Å². The zero-order valence-corrected chi connectivity index (χ0v) is 8.16. The first-order valence-electron chi connectivity index (χ1n) is 4.62. The van der Waals surface area contributed by atoms with Gasteiger partial charge < -0.3 is 9.64 Å². The molecule has 13 heavy (non-hydrogen) atoms. The van der Waals surface area contributed by atoms with Crippen molar-refractivity contribution in [1.82, 2.24) is 0 Å². The van der Waals surface area contributed by atoms with Gasteiger partial charge in [0.15, 0.2) is 0 Å². The molecule has 1 aliphatic rings. The molecule has 1 aromatic rings. The van der Waals surface area contributed by atoms with Crippen LogP contribution in [0.1, 0.15) is 5.56 Å². The van der Waals surface area contributed by atoms with Crippen LogP contribution in [0.2, 0.25) is 0 Å². The summed E-state index contributed by atoms with van der Waals surface area (Å²) in [6.45, 7) is 0.811. The Morgan fingerprint density at radius 2 is 2.23 bits per heavy atom. The number of hydrogen-bond acceptors (Lipinski definition) is 2. The lowest BCUT2D eigenvalue weighted by atomic mass is 10.1. The van der Waals surface area contributed by atoms with Crippen molar-refractivity contribution in [1.29, 1.82) is 0 Å². The molecule has 1 heterocycles. The summed E-state index contributed by atoms with van der Waals surface area (Å²) < 4.78 is 5.19. The monoisotopic (exact) mass is 177 g/mol. The third kappa shape index (κ3) is 1.42. The first kappa shape index (κ1) is 8.57. The number of hydrogen-bond donors (Lipinski definition) is 0. The second kappa shape index (κ2) is 3.38. The van der Waals surface area contributed by atoms with E-state index >= 15 is 0 Å². The van der Waals surface area contributed by atoms with Gasteiger partial charge >= 0.3 is 0 Å².